The van der Waals surface area contributed by atoms with E-state index < -0.39 is 0 Å². The molecular formula is C19H27N5O3. The van der Waals surface area contributed by atoms with E-state index in [1.54, 1.807) is 6.92 Å². The number of carbonyl (C=O) groups is 2. The molecule has 1 aliphatic heterocycles. The number of hydrogen-bond donors (Lipinski definition) is 1. The summed E-state index contributed by atoms with van der Waals surface area (Å²) in [6.07, 6.45) is 0. The van der Waals surface area contributed by atoms with Gasteiger partial charge in [0.1, 0.15) is 5.76 Å². The van der Waals surface area contributed by atoms with E-state index in [1.807, 2.05) is 42.4 Å². The summed E-state index contributed by atoms with van der Waals surface area (Å²) in [4.78, 5) is 28.1. The van der Waals surface area contributed by atoms with Crippen LogP contribution in [0.1, 0.15) is 34.4 Å². The Morgan fingerprint density at radius 2 is 1.85 bits per heavy atom. The Hall–Kier alpha value is -2.61. The Balaban J connectivity index is 1.55. The fraction of sp³-hybridized carbons (Fsp3) is 0.526. The number of amides is 2. The molecule has 0 unspecified atom stereocenters. The number of piperazine rings is 1. The average Bonchev–Trinajstić information content (AvgIpc) is 3.17. The normalized spacial score (nSPS) is 15.2. The van der Waals surface area contributed by atoms with Crippen molar-refractivity contribution < 1.29 is 14.1 Å². The molecule has 0 aliphatic carbocycles. The number of nitrogens with one attached hydrogen (secondary N) is 1. The highest BCUT2D eigenvalue weighted by atomic mass is 16.5. The van der Waals surface area contributed by atoms with Crippen molar-refractivity contribution in [3.05, 3.63) is 34.8 Å². The van der Waals surface area contributed by atoms with Crippen LogP contribution in [-0.4, -0.2) is 70.6 Å². The third kappa shape index (κ3) is 4.21. The van der Waals surface area contributed by atoms with Crippen LogP contribution in [0.15, 0.2) is 16.7 Å². The van der Waals surface area contributed by atoms with Crippen molar-refractivity contribution >= 4 is 11.8 Å². The lowest BCUT2D eigenvalue weighted by atomic mass is 10.2. The highest BCUT2D eigenvalue weighted by Gasteiger charge is 2.20. The first kappa shape index (κ1) is 19.2. The highest BCUT2D eigenvalue weighted by molar-refractivity contribution is 5.95. The highest BCUT2D eigenvalue weighted by Crippen LogP contribution is 2.20. The van der Waals surface area contributed by atoms with Crippen LogP contribution in [0, 0.1) is 20.8 Å². The van der Waals surface area contributed by atoms with Gasteiger partial charge < -0.3 is 14.7 Å². The van der Waals surface area contributed by atoms with E-state index in [9.17, 15) is 9.59 Å². The van der Waals surface area contributed by atoms with Gasteiger partial charge in [0.2, 0.25) is 5.91 Å². The quantitative estimate of drug-likeness (QED) is 0.854. The van der Waals surface area contributed by atoms with Gasteiger partial charge in [-0.3, -0.25) is 19.1 Å². The third-order valence-electron chi connectivity index (χ3n) is 5.05. The lowest BCUT2D eigenvalue weighted by molar-refractivity contribution is -0.130. The molecule has 0 atom stereocenters. The standard InChI is InChI=1S/C19H27N5O3/c1-13-11-17(15(3)24(13)18-12-14(2)27-21-18)19(26)20-5-6-22-7-9-23(10-8-22)16(4)25/h11-12H,5-10H2,1-4H3,(H,20,26). The van der Waals surface area contributed by atoms with Crippen molar-refractivity contribution in [2.24, 2.45) is 0 Å². The Morgan fingerprint density at radius 1 is 1.15 bits per heavy atom. The molecule has 1 N–H and O–H groups in total. The summed E-state index contributed by atoms with van der Waals surface area (Å²) in [5, 5.41) is 7.04. The lowest BCUT2D eigenvalue weighted by Crippen LogP contribution is -2.49. The zero-order valence-corrected chi connectivity index (χ0v) is 16.4. The maximum Gasteiger partial charge on any atom is 0.253 e. The summed E-state index contributed by atoms with van der Waals surface area (Å²) in [5.74, 6) is 1.45. The van der Waals surface area contributed by atoms with Crippen LogP contribution in [0.3, 0.4) is 0 Å². The van der Waals surface area contributed by atoms with Gasteiger partial charge in [0, 0.05) is 63.6 Å². The average molecular weight is 373 g/mol. The van der Waals surface area contributed by atoms with Crippen molar-refractivity contribution in [1.82, 2.24) is 24.8 Å². The zero-order chi connectivity index (χ0) is 19.6. The number of carbonyl (C=O) groups excluding carboxylic acids is 2. The van der Waals surface area contributed by atoms with Crippen LogP contribution >= 0.6 is 0 Å². The Labute approximate surface area is 159 Å². The second-order valence-corrected chi connectivity index (χ2v) is 7.02. The molecule has 1 saturated heterocycles. The summed E-state index contributed by atoms with van der Waals surface area (Å²) < 4.78 is 7.07. The predicted molar refractivity (Wildman–Crippen MR) is 101 cm³/mol. The Bertz CT molecular complexity index is 831. The minimum Gasteiger partial charge on any atom is -0.360 e. The third-order valence-corrected chi connectivity index (χ3v) is 5.05. The minimum absolute atomic E-state index is 0.0862. The van der Waals surface area contributed by atoms with Crippen molar-refractivity contribution in [2.75, 3.05) is 39.3 Å². The van der Waals surface area contributed by atoms with Crippen molar-refractivity contribution in [3.8, 4) is 5.82 Å². The monoisotopic (exact) mass is 373 g/mol. The Kier molecular flexibility index (Phi) is 5.65. The summed E-state index contributed by atoms with van der Waals surface area (Å²) in [5.41, 5.74) is 2.43. The van der Waals surface area contributed by atoms with Crippen LogP contribution < -0.4 is 5.32 Å². The van der Waals surface area contributed by atoms with Gasteiger partial charge in [-0.05, 0) is 26.8 Å². The van der Waals surface area contributed by atoms with Gasteiger partial charge in [-0.1, -0.05) is 5.16 Å². The summed E-state index contributed by atoms with van der Waals surface area (Å²) >= 11 is 0. The lowest BCUT2D eigenvalue weighted by Gasteiger charge is -2.34. The molecule has 3 rings (SSSR count). The Morgan fingerprint density at radius 3 is 2.44 bits per heavy atom. The first-order valence-electron chi connectivity index (χ1n) is 9.25. The molecule has 0 radical (unpaired) electrons. The van der Waals surface area contributed by atoms with Crippen LogP contribution in [0.2, 0.25) is 0 Å². The molecule has 146 valence electrons. The molecule has 27 heavy (non-hydrogen) atoms. The van der Waals surface area contributed by atoms with Gasteiger partial charge in [-0.25, -0.2) is 0 Å². The summed E-state index contributed by atoms with van der Waals surface area (Å²) in [6.45, 7) is 11.8. The largest absolute Gasteiger partial charge is 0.360 e. The molecule has 0 bridgehead atoms. The topological polar surface area (TPSA) is 83.6 Å². The second kappa shape index (κ2) is 7.96. The minimum atomic E-state index is -0.0862. The smallest absolute Gasteiger partial charge is 0.253 e. The molecule has 3 heterocycles. The van der Waals surface area contributed by atoms with Crippen molar-refractivity contribution in [2.45, 2.75) is 27.7 Å². The molecule has 1 aliphatic rings. The van der Waals surface area contributed by atoms with Crippen molar-refractivity contribution in [1.29, 1.82) is 0 Å². The molecule has 0 aromatic carbocycles. The van der Waals surface area contributed by atoms with E-state index in [1.165, 1.54) is 0 Å². The van der Waals surface area contributed by atoms with E-state index in [-0.39, 0.29) is 11.8 Å². The molecule has 2 aromatic heterocycles. The van der Waals surface area contributed by atoms with E-state index >= 15 is 0 Å². The number of aromatic nitrogens is 2. The predicted octanol–water partition coefficient (Wildman–Crippen LogP) is 1.28. The summed E-state index contributed by atoms with van der Waals surface area (Å²) in [7, 11) is 0. The summed E-state index contributed by atoms with van der Waals surface area (Å²) in [6, 6.07) is 3.72. The molecule has 8 heteroatoms. The number of hydrogen-bond acceptors (Lipinski definition) is 5. The van der Waals surface area contributed by atoms with E-state index in [0.717, 1.165) is 49.9 Å². The van der Waals surface area contributed by atoms with Gasteiger partial charge in [-0.2, -0.15) is 0 Å². The number of nitrogens with zero attached hydrogens (tertiary/aromatic N) is 4. The van der Waals surface area contributed by atoms with E-state index in [0.29, 0.717) is 17.9 Å². The van der Waals surface area contributed by atoms with Crippen LogP contribution in [-0.2, 0) is 4.79 Å². The second-order valence-electron chi connectivity index (χ2n) is 7.02. The van der Waals surface area contributed by atoms with Gasteiger partial charge >= 0.3 is 0 Å². The van der Waals surface area contributed by atoms with Gasteiger partial charge in [0.05, 0.1) is 5.56 Å². The van der Waals surface area contributed by atoms with E-state index in [4.69, 9.17) is 4.52 Å². The van der Waals surface area contributed by atoms with Crippen molar-refractivity contribution in [3.63, 3.8) is 0 Å². The molecule has 8 nitrogen and oxygen atoms in total. The maximum absolute atomic E-state index is 12.6. The molecule has 0 saturated carbocycles. The zero-order valence-electron chi connectivity index (χ0n) is 16.4. The molecule has 2 aromatic rings. The first-order valence-corrected chi connectivity index (χ1v) is 9.25. The van der Waals surface area contributed by atoms with Gasteiger partial charge in [0.25, 0.3) is 5.91 Å². The molecule has 1 fully saturated rings. The maximum atomic E-state index is 12.6. The first-order chi connectivity index (χ1) is 12.9. The molecule has 0 spiro atoms. The van der Waals surface area contributed by atoms with Crippen LogP contribution in [0.4, 0.5) is 0 Å². The van der Waals surface area contributed by atoms with Crippen LogP contribution in [0.25, 0.3) is 5.82 Å². The SMILES string of the molecule is CC(=O)N1CCN(CCNC(=O)c2cc(C)n(-c3cc(C)on3)c2C)CC1. The number of rotatable bonds is 5. The fourth-order valence-electron chi connectivity index (χ4n) is 3.51. The van der Waals surface area contributed by atoms with Gasteiger partial charge in [-0.15, -0.1) is 0 Å². The number of aryl methyl sites for hydroxylation is 2. The van der Waals surface area contributed by atoms with Gasteiger partial charge in [0.15, 0.2) is 5.82 Å². The molecule has 2 amide bonds. The molecular weight excluding hydrogens is 346 g/mol. The van der Waals surface area contributed by atoms with Crippen LogP contribution in [0.5, 0.6) is 0 Å². The van der Waals surface area contributed by atoms with E-state index in [2.05, 4.69) is 15.4 Å². The fourth-order valence-corrected chi connectivity index (χ4v) is 3.51.